The molecular weight excluding hydrogens is 353 g/mol. The SMILES string of the molecule is CCCNC(c1cnsn1)c1ccc(Br)c(Cl)c1F. The van der Waals surface area contributed by atoms with E-state index in [2.05, 4.69) is 30.0 Å². The number of hydrogen-bond donors (Lipinski definition) is 1. The second kappa shape index (κ2) is 6.74. The zero-order valence-electron chi connectivity index (χ0n) is 10.2. The number of nitrogens with zero attached hydrogens (tertiary/aromatic N) is 2. The Kier molecular flexibility index (Phi) is 5.27. The van der Waals surface area contributed by atoms with Crippen molar-refractivity contribution in [2.24, 2.45) is 0 Å². The van der Waals surface area contributed by atoms with Crippen molar-refractivity contribution in [3.8, 4) is 0 Å². The molecule has 1 aromatic carbocycles. The standard InChI is InChI=1S/C12H12BrClFN3S/c1-2-5-16-12(9-6-17-19-18-9)7-3-4-8(13)10(14)11(7)15/h3-4,6,12,16H,2,5H2,1H3. The molecule has 0 bridgehead atoms. The van der Waals surface area contributed by atoms with Crippen molar-refractivity contribution in [3.05, 3.63) is 44.9 Å². The zero-order chi connectivity index (χ0) is 13.8. The molecule has 0 aliphatic rings. The Morgan fingerprint density at radius 1 is 1.53 bits per heavy atom. The van der Waals surface area contributed by atoms with E-state index in [0.717, 1.165) is 24.7 Å². The molecule has 1 unspecified atom stereocenters. The molecule has 0 aliphatic heterocycles. The number of halogens is 3. The van der Waals surface area contributed by atoms with Crippen LogP contribution in [0.1, 0.15) is 30.6 Å². The first kappa shape index (κ1) is 14.8. The summed E-state index contributed by atoms with van der Waals surface area (Å²) in [5.74, 6) is -0.433. The molecule has 0 amide bonds. The van der Waals surface area contributed by atoms with E-state index < -0.39 is 5.82 Å². The molecule has 7 heteroatoms. The number of benzene rings is 1. The summed E-state index contributed by atoms with van der Waals surface area (Å²) < 4.78 is 23.0. The molecule has 0 spiro atoms. The maximum atomic E-state index is 14.3. The van der Waals surface area contributed by atoms with Gasteiger partial charge in [0.2, 0.25) is 0 Å². The molecule has 3 nitrogen and oxygen atoms in total. The van der Waals surface area contributed by atoms with Gasteiger partial charge in [-0.15, -0.1) is 0 Å². The summed E-state index contributed by atoms with van der Waals surface area (Å²) in [7, 11) is 0. The fraction of sp³-hybridized carbons (Fsp3) is 0.333. The van der Waals surface area contributed by atoms with Gasteiger partial charge in [-0.1, -0.05) is 24.6 Å². The van der Waals surface area contributed by atoms with Crippen LogP contribution in [0.15, 0.2) is 22.8 Å². The lowest BCUT2D eigenvalue weighted by Crippen LogP contribution is -2.24. The fourth-order valence-corrected chi connectivity index (χ4v) is 2.65. The molecule has 19 heavy (non-hydrogen) atoms. The molecule has 0 aliphatic carbocycles. The molecule has 102 valence electrons. The van der Waals surface area contributed by atoms with Crippen LogP contribution in [0.25, 0.3) is 0 Å². The Morgan fingerprint density at radius 3 is 2.95 bits per heavy atom. The van der Waals surface area contributed by atoms with Crippen LogP contribution in [0.3, 0.4) is 0 Å². The molecule has 2 rings (SSSR count). The first-order valence-electron chi connectivity index (χ1n) is 5.79. The van der Waals surface area contributed by atoms with Crippen LogP contribution in [0.2, 0.25) is 5.02 Å². The summed E-state index contributed by atoms with van der Waals surface area (Å²) in [6.07, 6.45) is 2.59. The van der Waals surface area contributed by atoms with E-state index in [-0.39, 0.29) is 11.1 Å². The van der Waals surface area contributed by atoms with Gasteiger partial charge in [0, 0.05) is 10.0 Å². The highest BCUT2D eigenvalue weighted by atomic mass is 79.9. The summed E-state index contributed by atoms with van der Waals surface area (Å²) >= 11 is 10.3. The molecule has 1 N–H and O–H groups in total. The van der Waals surface area contributed by atoms with Crippen LogP contribution in [0.5, 0.6) is 0 Å². The summed E-state index contributed by atoms with van der Waals surface area (Å²) in [5.41, 5.74) is 1.19. The second-order valence-electron chi connectivity index (χ2n) is 3.98. The third kappa shape index (κ3) is 3.31. The molecule has 0 fully saturated rings. The van der Waals surface area contributed by atoms with Crippen LogP contribution < -0.4 is 5.32 Å². The Bertz CT molecular complexity index is 550. The average molecular weight is 365 g/mol. The van der Waals surface area contributed by atoms with Crippen molar-refractivity contribution in [1.82, 2.24) is 14.1 Å². The summed E-state index contributed by atoms with van der Waals surface area (Å²) in [6, 6.07) is 3.11. The number of aromatic nitrogens is 2. The molecule has 2 aromatic rings. The Morgan fingerprint density at radius 2 is 2.32 bits per heavy atom. The van der Waals surface area contributed by atoms with Crippen LogP contribution in [0.4, 0.5) is 4.39 Å². The van der Waals surface area contributed by atoms with Crippen molar-refractivity contribution in [3.63, 3.8) is 0 Å². The lowest BCUT2D eigenvalue weighted by Gasteiger charge is -2.18. The normalized spacial score (nSPS) is 12.6. The van der Waals surface area contributed by atoms with E-state index in [0.29, 0.717) is 15.7 Å². The highest BCUT2D eigenvalue weighted by molar-refractivity contribution is 9.10. The zero-order valence-corrected chi connectivity index (χ0v) is 13.3. The minimum absolute atomic E-state index is 0.0870. The smallest absolute Gasteiger partial charge is 0.148 e. The van der Waals surface area contributed by atoms with Crippen LogP contribution in [0, 0.1) is 5.82 Å². The van der Waals surface area contributed by atoms with Gasteiger partial charge < -0.3 is 5.32 Å². The molecular formula is C12H12BrClFN3S. The fourth-order valence-electron chi connectivity index (χ4n) is 1.73. The van der Waals surface area contributed by atoms with Crippen molar-refractivity contribution in [2.45, 2.75) is 19.4 Å². The largest absolute Gasteiger partial charge is 0.305 e. The summed E-state index contributed by atoms with van der Waals surface area (Å²) in [5, 5.41) is 3.35. The third-order valence-corrected chi connectivity index (χ3v) is 4.40. The van der Waals surface area contributed by atoms with Crippen molar-refractivity contribution >= 4 is 39.3 Å². The van der Waals surface area contributed by atoms with Gasteiger partial charge in [-0.2, -0.15) is 8.75 Å². The van der Waals surface area contributed by atoms with Gasteiger partial charge in [0.25, 0.3) is 0 Å². The molecule has 1 aromatic heterocycles. The summed E-state index contributed by atoms with van der Waals surface area (Å²) in [6.45, 7) is 2.81. The van der Waals surface area contributed by atoms with E-state index in [4.69, 9.17) is 11.6 Å². The molecule has 1 atom stereocenters. The second-order valence-corrected chi connectivity index (χ2v) is 5.77. The first-order valence-corrected chi connectivity index (χ1v) is 7.69. The highest BCUT2D eigenvalue weighted by Gasteiger charge is 2.22. The number of nitrogens with one attached hydrogen (secondary N) is 1. The van der Waals surface area contributed by atoms with Gasteiger partial charge in [0.1, 0.15) is 5.82 Å². The molecule has 0 radical (unpaired) electrons. The average Bonchev–Trinajstić information content (AvgIpc) is 2.92. The maximum absolute atomic E-state index is 14.3. The van der Waals surface area contributed by atoms with E-state index in [1.54, 1.807) is 18.3 Å². The molecule has 0 saturated carbocycles. The minimum atomic E-state index is -0.433. The predicted molar refractivity (Wildman–Crippen MR) is 79.2 cm³/mol. The molecule has 1 heterocycles. The highest BCUT2D eigenvalue weighted by Crippen LogP contribution is 2.32. The topological polar surface area (TPSA) is 37.8 Å². The van der Waals surface area contributed by atoms with E-state index in [1.807, 2.05) is 6.92 Å². The first-order chi connectivity index (χ1) is 9.15. The van der Waals surface area contributed by atoms with Gasteiger partial charge >= 0.3 is 0 Å². The van der Waals surface area contributed by atoms with Crippen molar-refractivity contribution in [2.75, 3.05) is 6.54 Å². The van der Waals surface area contributed by atoms with E-state index in [1.165, 1.54) is 0 Å². The predicted octanol–water partition coefficient (Wildman–Crippen LogP) is 4.18. The summed E-state index contributed by atoms with van der Waals surface area (Å²) in [4.78, 5) is 0. The van der Waals surface area contributed by atoms with Gasteiger partial charge in [-0.3, -0.25) is 0 Å². The van der Waals surface area contributed by atoms with E-state index >= 15 is 0 Å². The third-order valence-electron chi connectivity index (χ3n) is 2.65. The van der Waals surface area contributed by atoms with Gasteiger partial charge in [-0.25, -0.2) is 4.39 Å². The lowest BCUT2D eigenvalue weighted by atomic mass is 10.0. The Labute approximate surface area is 128 Å². The van der Waals surface area contributed by atoms with Crippen LogP contribution in [-0.4, -0.2) is 15.3 Å². The van der Waals surface area contributed by atoms with Gasteiger partial charge in [0.15, 0.2) is 0 Å². The number of hydrogen-bond acceptors (Lipinski definition) is 4. The van der Waals surface area contributed by atoms with Crippen LogP contribution in [-0.2, 0) is 0 Å². The Hall–Kier alpha value is -0.560. The lowest BCUT2D eigenvalue weighted by molar-refractivity contribution is 0.541. The van der Waals surface area contributed by atoms with Crippen molar-refractivity contribution < 1.29 is 4.39 Å². The number of rotatable bonds is 5. The minimum Gasteiger partial charge on any atom is -0.305 e. The monoisotopic (exact) mass is 363 g/mol. The van der Waals surface area contributed by atoms with Crippen molar-refractivity contribution in [1.29, 1.82) is 0 Å². The Balaban J connectivity index is 2.41. The van der Waals surface area contributed by atoms with Gasteiger partial charge in [0.05, 0.1) is 34.7 Å². The maximum Gasteiger partial charge on any atom is 0.148 e. The van der Waals surface area contributed by atoms with E-state index in [9.17, 15) is 4.39 Å². The van der Waals surface area contributed by atoms with Gasteiger partial charge in [-0.05, 0) is 35.0 Å². The quantitative estimate of drug-likeness (QED) is 0.809. The van der Waals surface area contributed by atoms with Crippen LogP contribution >= 0.6 is 39.3 Å². The molecule has 0 saturated heterocycles.